The molecular formula is C21H19BrN2O3S. The Balaban J connectivity index is 1.45. The molecule has 0 radical (unpaired) electrons. The van der Waals surface area contributed by atoms with Crippen molar-refractivity contribution in [2.45, 2.75) is 26.0 Å². The largest absolute Gasteiger partial charge is 0.493 e. The van der Waals surface area contributed by atoms with Crippen LogP contribution in [-0.2, 0) is 6.61 Å². The van der Waals surface area contributed by atoms with Crippen molar-refractivity contribution in [3.63, 3.8) is 0 Å². The standard InChI is InChI=1S/C21H19BrN2O3S/c1-13-23-16(12-28-13)11-27-17-4-2-3-14(9-17)21(25)24-19-7-8-26-20-6-5-15(22)10-18(19)20/h2-6,9-10,12,19H,7-8,11H2,1H3,(H,24,25). The van der Waals surface area contributed by atoms with E-state index in [0.717, 1.165) is 32.9 Å². The van der Waals surface area contributed by atoms with E-state index in [-0.39, 0.29) is 11.9 Å². The first-order chi connectivity index (χ1) is 13.6. The van der Waals surface area contributed by atoms with Gasteiger partial charge in [0.05, 0.1) is 23.4 Å². The number of halogens is 1. The summed E-state index contributed by atoms with van der Waals surface area (Å²) in [7, 11) is 0. The maximum atomic E-state index is 12.8. The summed E-state index contributed by atoms with van der Waals surface area (Å²) in [6.07, 6.45) is 0.731. The van der Waals surface area contributed by atoms with Crippen LogP contribution in [0.25, 0.3) is 0 Å². The Hall–Kier alpha value is -2.38. The third kappa shape index (κ3) is 4.36. The van der Waals surface area contributed by atoms with Crippen LogP contribution in [0.3, 0.4) is 0 Å². The van der Waals surface area contributed by atoms with Gasteiger partial charge in [0.1, 0.15) is 18.1 Å². The van der Waals surface area contributed by atoms with Crippen LogP contribution in [0.4, 0.5) is 0 Å². The number of nitrogens with one attached hydrogen (secondary N) is 1. The number of hydrogen-bond donors (Lipinski definition) is 1. The summed E-state index contributed by atoms with van der Waals surface area (Å²) in [6, 6.07) is 13.0. The fraction of sp³-hybridized carbons (Fsp3) is 0.238. The second kappa shape index (κ2) is 8.32. The third-order valence-corrected chi connectivity index (χ3v) is 5.78. The molecule has 1 aliphatic rings. The van der Waals surface area contributed by atoms with Crippen LogP contribution in [0.1, 0.15) is 39.1 Å². The number of aryl methyl sites for hydroxylation is 1. The number of thiazole rings is 1. The molecule has 0 aliphatic carbocycles. The van der Waals surface area contributed by atoms with Gasteiger partial charge in [-0.05, 0) is 43.3 Å². The first-order valence-corrected chi connectivity index (χ1v) is 10.6. The first-order valence-electron chi connectivity index (χ1n) is 8.95. The molecule has 1 unspecified atom stereocenters. The van der Waals surface area contributed by atoms with Crippen molar-refractivity contribution in [1.82, 2.24) is 10.3 Å². The minimum atomic E-state index is -0.132. The highest BCUT2D eigenvalue weighted by Gasteiger charge is 2.24. The topological polar surface area (TPSA) is 60.5 Å². The van der Waals surface area contributed by atoms with Gasteiger partial charge < -0.3 is 14.8 Å². The van der Waals surface area contributed by atoms with Crippen LogP contribution in [0.15, 0.2) is 52.3 Å². The molecule has 144 valence electrons. The maximum Gasteiger partial charge on any atom is 0.251 e. The fourth-order valence-corrected chi connectivity index (χ4v) is 4.09. The zero-order valence-corrected chi connectivity index (χ0v) is 17.7. The van der Waals surface area contributed by atoms with Crippen molar-refractivity contribution in [3.05, 3.63) is 74.1 Å². The lowest BCUT2D eigenvalue weighted by molar-refractivity contribution is 0.0924. The van der Waals surface area contributed by atoms with E-state index in [9.17, 15) is 4.79 Å². The van der Waals surface area contributed by atoms with E-state index in [4.69, 9.17) is 9.47 Å². The van der Waals surface area contributed by atoms with Crippen molar-refractivity contribution >= 4 is 33.2 Å². The van der Waals surface area contributed by atoms with Gasteiger partial charge in [0, 0.05) is 27.4 Å². The summed E-state index contributed by atoms with van der Waals surface area (Å²) in [5, 5.41) is 6.11. The smallest absolute Gasteiger partial charge is 0.251 e. The molecule has 0 saturated heterocycles. The minimum Gasteiger partial charge on any atom is -0.493 e. The van der Waals surface area contributed by atoms with Crippen LogP contribution in [0, 0.1) is 6.92 Å². The molecule has 2 heterocycles. The van der Waals surface area contributed by atoms with E-state index in [0.29, 0.717) is 24.5 Å². The molecule has 28 heavy (non-hydrogen) atoms. The number of nitrogens with zero attached hydrogens (tertiary/aromatic N) is 1. The molecule has 4 rings (SSSR count). The van der Waals surface area contributed by atoms with Gasteiger partial charge in [0.2, 0.25) is 0 Å². The average Bonchev–Trinajstić information content (AvgIpc) is 3.12. The highest BCUT2D eigenvalue weighted by molar-refractivity contribution is 9.10. The predicted molar refractivity (Wildman–Crippen MR) is 112 cm³/mol. The Labute approximate surface area is 175 Å². The lowest BCUT2D eigenvalue weighted by Crippen LogP contribution is -2.32. The van der Waals surface area contributed by atoms with Gasteiger partial charge >= 0.3 is 0 Å². The van der Waals surface area contributed by atoms with Crippen LogP contribution in [0.5, 0.6) is 11.5 Å². The fourth-order valence-electron chi connectivity index (χ4n) is 3.12. The quantitative estimate of drug-likeness (QED) is 0.581. The number of hydrogen-bond acceptors (Lipinski definition) is 5. The summed E-state index contributed by atoms with van der Waals surface area (Å²) in [5.41, 5.74) is 2.44. The van der Waals surface area contributed by atoms with Gasteiger partial charge in [-0.1, -0.05) is 22.0 Å². The molecule has 3 aromatic rings. The van der Waals surface area contributed by atoms with Gasteiger partial charge in [-0.25, -0.2) is 4.98 Å². The monoisotopic (exact) mass is 458 g/mol. The van der Waals surface area contributed by atoms with E-state index in [1.807, 2.05) is 42.6 Å². The number of rotatable bonds is 5. The Morgan fingerprint density at radius 3 is 3.07 bits per heavy atom. The van der Waals surface area contributed by atoms with Crippen molar-refractivity contribution in [3.8, 4) is 11.5 Å². The second-order valence-corrected chi connectivity index (χ2v) is 8.50. The molecule has 5 nitrogen and oxygen atoms in total. The second-order valence-electron chi connectivity index (χ2n) is 6.52. The zero-order chi connectivity index (χ0) is 19.5. The lowest BCUT2D eigenvalue weighted by atomic mass is 10.00. The number of carbonyl (C=O) groups excluding carboxylic acids is 1. The van der Waals surface area contributed by atoms with Crippen LogP contribution >= 0.6 is 27.3 Å². The number of benzene rings is 2. The van der Waals surface area contributed by atoms with Crippen molar-refractivity contribution < 1.29 is 14.3 Å². The van der Waals surface area contributed by atoms with E-state index in [1.165, 1.54) is 0 Å². The molecule has 0 spiro atoms. The minimum absolute atomic E-state index is 0.0868. The molecule has 2 aromatic carbocycles. The Kier molecular flexibility index (Phi) is 5.64. The van der Waals surface area contributed by atoms with Gasteiger partial charge in [0.15, 0.2) is 0 Å². The van der Waals surface area contributed by atoms with E-state index in [1.54, 1.807) is 23.5 Å². The predicted octanol–water partition coefficient (Wildman–Crippen LogP) is 5.05. The SMILES string of the molecule is Cc1nc(COc2cccc(C(=O)NC3CCOc4ccc(Br)cc43)c2)cs1. The third-order valence-electron chi connectivity index (χ3n) is 4.47. The average molecular weight is 459 g/mol. The summed E-state index contributed by atoms with van der Waals surface area (Å²) in [6.45, 7) is 2.93. The summed E-state index contributed by atoms with van der Waals surface area (Å²) >= 11 is 5.08. The molecule has 0 saturated carbocycles. The molecule has 7 heteroatoms. The Morgan fingerprint density at radius 2 is 2.25 bits per heavy atom. The summed E-state index contributed by atoms with van der Waals surface area (Å²) in [5.74, 6) is 1.33. The van der Waals surface area contributed by atoms with E-state index >= 15 is 0 Å². The van der Waals surface area contributed by atoms with Crippen molar-refractivity contribution in [2.75, 3.05) is 6.61 Å². The van der Waals surface area contributed by atoms with Gasteiger partial charge in [-0.3, -0.25) is 4.79 Å². The Bertz CT molecular complexity index is 1000. The van der Waals surface area contributed by atoms with E-state index in [2.05, 4.69) is 26.2 Å². The van der Waals surface area contributed by atoms with Crippen LogP contribution < -0.4 is 14.8 Å². The van der Waals surface area contributed by atoms with Crippen LogP contribution in [0.2, 0.25) is 0 Å². The number of ether oxygens (including phenoxy) is 2. The van der Waals surface area contributed by atoms with Crippen molar-refractivity contribution in [1.29, 1.82) is 0 Å². The van der Waals surface area contributed by atoms with Gasteiger partial charge in [0.25, 0.3) is 5.91 Å². The number of amides is 1. The molecule has 1 N–H and O–H groups in total. The van der Waals surface area contributed by atoms with Gasteiger partial charge in [-0.2, -0.15) is 0 Å². The van der Waals surface area contributed by atoms with Gasteiger partial charge in [-0.15, -0.1) is 11.3 Å². The Morgan fingerprint density at radius 1 is 1.36 bits per heavy atom. The molecule has 1 aliphatic heterocycles. The first kappa shape index (κ1) is 19.0. The maximum absolute atomic E-state index is 12.8. The molecule has 0 bridgehead atoms. The molecule has 0 fully saturated rings. The summed E-state index contributed by atoms with van der Waals surface area (Å²) < 4.78 is 12.5. The highest BCUT2D eigenvalue weighted by atomic mass is 79.9. The zero-order valence-electron chi connectivity index (χ0n) is 15.3. The number of carbonyl (C=O) groups is 1. The lowest BCUT2D eigenvalue weighted by Gasteiger charge is -2.27. The molecule has 1 atom stereocenters. The summed E-state index contributed by atoms with van der Waals surface area (Å²) in [4.78, 5) is 17.2. The molecule has 1 aromatic heterocycles. The normalized spacial score (nSPS) is 15.4. The van der Waals surface area contributed by atoms with Crippen molar-refractivity contribution in [2.24, 2.45) is 0 Å². The number of aromatic nitrogens is 1. The van der Waals surface area contributed by atoms with Crippen LogP contribution in [-0.4, -0.2) is 17.5 Å². The molecular weight excluding hydrogens is 440 g/mol. The molecule has 1 amide bonds. The number of fused-ring (bicyclic) bond motifs is 1. The highest BCUT2D eigenvalue weighted by Crippen LogP contribution is 2.34. The van der Waals surface area contributed by atoms with E-state index < -0.39 is 0 Å².